The third-order valence-electron chi connectivity index (χ3n) is 2.25. The number of aromatic hydroxyl groups is 1. The molecule has 5 heteroatoms. The molecule has 0 spiro atoms. The van der Waals surface area contributed by atoms with Gasteiger partial charge in [-0.05, 0) is 30.3 Å². The minimum absolute atomic E-state index is 0.237. The highest BCUT2D eigenvalue weighted by Gasteiger charge is 2.11. The largest absolute Gasteiger partial charge is 0.505 e. The first-order valence-electron chi connectivity index (χ1n) is 4.76. The van der Waals surface area contributed by atoms with Gasteiger partial charge < -0.3 is 10.2 Å². The Hall–Kier alpha value is -2.43. The van der Waals surface area contributed by atoms with E-state index in [1.807, 2.05) is 0 Å². The van der Waals surface area contributed by atoms with E-state index >= 15 is 0 Å². The van der Waals surface area contributed by atoms with Crippen LogP contribution in [0.4, 0.5) is 4.39 Å². The number of hydrogen-bond acceptors (Lipinski definition) is 3. The molecule has 0 fully saturated rings. The number of pyridine rings is 1. The number of hydrogen-bond donors (Lipinski definition) is 2. The SMILES string of the molecule is O=C(O)c1cc(-c2ccc(F)cc2)ncc1O. The zero-order valence-electron chi connectivity index (χ0n) is 8.59. The molecule has 86 valence electrons. The van der Waals surface area contributed by atoms with E-state index in [9.17, 15) is 14.3 Å². The van der Waals surface area contributed by atoms with Crippen molar-refractivity contribution in [2.45, 2.75) is 0 Å². The summed E-state index contributed by atoms with van der Waals surface area (Å²) >= 11 is 0. The molecule has 2 N–H and O–H groups in total. The van der Waals surface area contributed by atoms with Crippen molar-refractivity contribution in [1.29, 1.82) is 0 Å². The fourth-order valence-corrected chi connectivity index (χ4v) is 1.40. The molecule has 0 aliphatic heterocycles. The van der Waals surface area contributed by atoms with E-state index in [-0.39, 0.29) is 11.4 Å². The van der Waals surface area contributed by atoms with Crippen LogP contribution in [0.15, 0.2) is 36.5 Å². The second-order valence-corrected chi connectivity index (χ2v) is 3.40. The summed E-state index contributed by atoms with van der Waals surface area (Å²) in [5.74, 6) is -2.03. The summed E-state index contributed by atoms with van der Waals surface area (Å²) in [6, 6.07) is 6.72. The third-order valence-corrected chi connectivity index (χ3v) is 2.25. The predicted octanol–water partition coefficient (Wildman–Crippen LogP) is 2.29. The van der Waals surface area contributed by atoms with Gasteiger partial charge in [0.1, 0.15) is 17.1 Å². The molecule has 1 heterocycles. The lowest BCUT2D eigenvalue weighted by molar-refractivity contribution is 0.0693. The molecule has 0 bridgehead atoms. The molecule has 4 nitrogen and oxygen atoms in total. The number of aromatic carboxylic acids is 1. The molecule has 2 aromatic rings. The Labute approximate surface area is 96.0 Å². The minimum Gasteiger partial charge on any atom is -0.505 e. The van der Waals surface area contributed by atoms with Crippen molar-refractivity contribution in [3.8, 4) is 17.0 Å². The molecule has 0 saturated carbocycles. The summed E-state index contributed by atoms with van der Waals surface area (Å²) in [5, 5.41) is 18.1. The van der Waals surface area contributed by atoms with Crippen LogP contribution in [-0.2, 0) is 0 Å². The van der Waals surface area contributed by atoms with Gasteiger partial charge in [0.15, 0.2) is 0 Å². The van der Waals surface area contributed by atoms with Gasteiger partial charge in [-0.3, -0.25) is 4.98 Å². The molecular formula is C12H8FNO3. The molecule has 0 atom stereocenters. The molecule has 0 aliphatic rings. The van der Waals surface area contributed by atoms with Gasteiger partial charge in [-0.1, -0.05) is 0 Å². The molecule has 0 amide bonds. The predicted molar refractivity (Wildman–Crippen MR) is 58.3 cm³/mol. The number of halogens is 1. The maximum absolute atomic E-state index is 12.7. The second kappa shape index (κ2) is 4.21. The molecule has 0 saturated heterocycles. The van der Waals surface area contributed by atoms with E-state index in [4.69, 9.17) is 5.11 Å². The molecular weight excluding hydrogens is 225 g/mol. The Bertz CT molecular complexity index is 566. The maximum Gasteiger partial charge on any atom is 0.339 e. The highest BCUT2D eigenvalue weighted by atomic mass is 19.1. The molecule has 1 aromatic carbocycles. The summed E-state index contributed by atoms with van der Waals surface area (Å²) in [7, 11) is 0. The zero-order chi connectivity index (χ0) is 12.4. The van der Waals surface area contributed by atoms with Crippen LogP contribution in [0.2, 0.25) is 0 Å². The summed E-state index contributed by atoms with van der Waals surface area (Å²) in [6.07, 6.45) is 1.06. The smallest absolute Gasteiger partial charge is 0.339 e. The van der Waals surface area contributed by atoms with Crippen LogP contribution in [0.3, 0.4) is 0 Å². The van der Waals surface area contributed by atoms with E-state index in [0.717, 1.165) is 6.20 Å². The monoisotopic (exact) mass is 233 g/mol. The second-order valence-electron chi connectivity index (χ2n) is 3.40. The summed E-state index contributed by atoms with van der Waals surface area (Å²) in [6.45, 7) is 0. The average molecular weight is 233 g/mol. The zero-order valence-corrected chi connectivity index (χ0v) is 8.59. The number of benzene rings is 1. The number of carboxylic acids is 1. The van der Waals surface area contributed by atoms with Crippen LogP contribution in [0.25, 0.3) is 11.3 Å². The van der Waals surface area contributed by atoms with Gasteiger partial charge in [0.25, 0.3) is 0 Å². The highest BCUT2D eigenvalue weighted by Crippen LogP contribution is 2.23. The number of carbonyl (C=O) groups is 1. The van der Waals surface area contributed by atoms with Crippen LogP contribution in [-0.4, -0.2) is 21.2 Å². The molecule has 0 unspecified atom stereocenters. The first-order chi connectivity index (χ1) is 8.08. The Morgan fingerprint density at radius 3 is 2.47 bits per heavy atom. The van der Waals surface area contributed by atoms with Crippen molar-refractivity contribution in [3.63, 3.8) is 0 Å². The Kier molecular flexibility index (Phi) is 2.74. The third kappa shape index (κ3) is 2.23. The van der Waals surface area contributed by atoms with Crippen LogP contribution < -0.4 is 0 Å². The van der Waals surface area contributed by atoms with Crippen LogP contribution in [0, 0.1) is 5.82 Å². The van der Waals surface area contributed by atoms with E-state index in [1.165, 1.54) is 30.3 Å². The van der Waals surface area contributed by atoms with E-state index in [2.05, 4.69) is 4.98 Å². The van der Waals surface area contributed by atoms with Gasteiger partial charge in [-0.2, -0.15) is 0 Å². The summed E-state index contributed by atoms with van der Waals surface area (Å²) < 4.78 is 12.7. The summed E-state index contributed by atoms with van der Waals surface area (Å²) in [4.78, 5) is 14.7. The topological polar surface area (TPSA) is 70.4 Å². The molecule has 2 rings (SSSR count). The van der Waals surface area contributed by atoms with Crippen molar-refractivity contribution in [2.75, 3.05) is 0 Å². The standard InChI is InChI=1S/C12H8FNO3/c13-8-3-1-7(2-4-8)10-5-9(12(16)17)11(15)6-14-10/h1-6,15H,(H,16,17). The average Bonchev–Trinajstić information content (AvgIpc) is 2.30. The highest BCUT2D eigenvalue weighted by molar-refractivity contribution is 5.91. The van der Waals surface area contributed by atoms with Gasteiger partial charge in [0.2, 0.25) is 0 Å². The molecule has 1 aromatic heterocycles. The first-order valence-corrected chi connectivity index (χ1v) is 4.76. The van der Waals surface area contributed by atoms with Crippen LogP contribution in [0.5, 0.6) is 5.75 Å². The van der Waals surface area contributed by atoms with E-state index < -0.39 is 11.7 Å². The van der Waals surface area contributed by atoms with Gasteiger partial charge in [-0.15, -0.1) is 0 Å². The quantitative estimate of drug-likeness (QED) is 0.834. The lowest BCUT2D eigenvalue weighted by Gasteiger charge is -2.03. The van der Waals surface area contributed by atoms with Crippen LogP contribution in [0.1, 0.15) is 10.4 Å². The normalized spacial score (nSPS) is 10.2. The fourth-order valence-electron chi connectivity index (χ4n) is 1.40. The number of aromatic nitrogens is 1. The number of nitrogens with zero attached hydrogens (tertiary/aromatic N) is 1. The molecule has 17 heavy (non-hydrogen) atoms. The van der Waals surface area contributed by atoms with Crippen molar-refractivity contribution in [2.24, 2.45) is 0 Å². The van der Waals surface area contributed by atoms with Gasteiger partial charge in [0.05, 0.1) is 11.9 Å². The van der Waals surface area contributed by atoms with Crippen molar-refractivity contribution >= 4 is 5.97 Å². The maximum atomic E-state index is 12.7. The van der Waals surface area contributed by atoms with E-state index in [1.54, 1.807) is 0 Å². The molecule has 0 aliphatic carbocycles. The number of carboxylic acid groups (broad SMARTS) is 1. The van der Waals surface area contributed by atoms with Gasteiger partial charge >= 0.3 is 5.97 Å². The van der Waals surface area contributed by atoms with Gasteiger partial charge in [-0.25, -0.2) is 9.18 Å². The van der Waals surface area contributed by atoms with Crippen molar-refractivity contribution < 1.29 is 19.4 Å². The Morgan fingerprint density at radius 1 is 1.24 bits per heavy atom. The Morgan fingerprint density at radius 2 is 1.88 bits per heavy atom. The van der Waals surface area contributed by atoms with Gasteiger partial charge in [0, 0.05) is 5.56 Å². The van der Waals surface area contributed by atoms with Crippen molar-refractivity contribution in [1.82, 2.24) is 4.98 Å². The number of rotatable bonds is 2. The van der Waals surface area contributed by atoms with Crippen LogP contribution >= 0.6 is 0 Å². The molecule has 0 radical (unpaired) electrons. The van der Waals surface area contributed by atoms with Crippen molar-refractivity contribution in [3.05, 3.63) is 47.9 Å². The lowest BCUT2D eigenvalue weighted by Crippen LogP contribution is -1.98. The lowest BCUT2D eigenvalue weighted by atomic mass is 10.1. The first kappa shape index (κ1) is 11.1. The summed E-state index contributed by atoms with van der Waals surface area (Å²) in [5.41, 5.74) is 0.702. The fraction of sp³-hybridized carbons (Fsp3) is 0. The minimum atomic E-state index is -1.24. The van der Waals surface area contributed by atoms with E-state index in [0.29, 0.717) is 11.3 Å². The Balaban J connectivity index is 2.50.